The minimum Gasteiger partial charge on any atom is -0.424 e. The number of carbonyl (C=O) groups excluding carboxylic acids is 3. The Morgan fingerprint density at radius 2 is 0.705 bits per heavy atom. The van der Waals surface area contributed by atoms with Crippen LogP contribution in [0.2, 0.25) is 0 Å². The van der Waals surface area contributed by atoms with E-state index in [2.05, 4.69) is 95.8 Å². The molecule has 45 heteroatoms. The molecule has 4 fully saturated rings. The van der Waals surface area contributed by atoms with E-state index in [4.69, 9.17) is 111 Å². The van der Waals surface area contributed by atoms with Crippen LogP contribution in [-0.4, -0.2) is 190 Å². The number of nitrogens with zero attached hydrogens (tertiary/aromatic N) is 7. The molecule has 17 N–H and O–H groups in total. The van der Waals surface area contributed by atoms with Crippen molar-refractivity contribution in [2.24, 2.45) is 0 Å². The number of hydrogen-bond acceptors (Lipinski definition) is 35. The molecule has 7 aromatic carbocycles. The zero-order valence-electron chi connectivity index (χ0n) is 69.6. The van der Waals surface area contributed by atoms with Crippen molar-refractivity contribution in [1.29, 1.82) is 0 Å². The van der Waals surface area contributed by atoms with E-state index in [0.29, 0.717) is 83.7 Å². The van der Waals surface area contributed by atoms with Crippen molar-refractivity contribution >= 4 is 225 Å². The highest BCUT2D eigenvalue weighted by molar-refractivity contribution is 6.64. The first-order valence-corrected chi connectivity index (χ1v) is 38.4. The number of amides is 3. The van der Waals surface area contributed by atoms with E-state index < -0.39 is 46.8 Å². The number of hydrogen-bond donors (Lipinski definition) is 15. The molecule has 1 aliphatic carbocycles. The molecule has 634 valence electrons. The monoisotopic (exact) mass is 1670 g/mol. The first-order chi connectivity index (χ1) is 57.3. The van der Waals surface area contributed by atoms with E-state index >= 15 is 0 Å². The highest BCUT2D eigenvalue weighted by atomic mass is 16.7. The van der Waals surface area contributed by atoms with Crippen LogP contribution in [0.4, 0.5) is 41.5 Å². The molecule has 1 saturated carbocycles. The predicted molar refractivity (Wildman–Crippen MR) is 462 cm³/mol. The zero-order valence-corrected chi connectivity index (χ0v) is 69.6. The van der Waals surface area contributed by atoms with E-state index in [1.807, 2.05) is 111 Å². The Hall–Kier alpha value is -11.7. The second-order valence-electron chi connectivity index (χ2n) is 31.9. The Bertz CT molecular complexity index is 5870. The molecule has 14 aromatic rings. The number of nitrogens with two attached hydrogens (primary N) is 2. The van der Waals surface area contributed by atoms with Gasteiger partial charge in [0.25, 0.3) is 12.0 Å². The number of nitrogen functional groups attached to an aromatic ring is 2. The largest absolute Gasteiger partial charge is 0.494 e. The Balaban J connectivity index is 0.000000131. The molecule has 4 aliphatic rings. The van der Waals surface area contributed by atoms with Crippen molar-refractivity contribution in [3.8, 4) is 0 Å². The van der Waals surface area contributed by atoms with Crippen molar-refractivity contribution in [3.63, 3.8) is 0 Å². The van der Waals surface area contributed by atoms with Gasteiger partial charge in [0.2, 0.25) is 17.7 Å². The summed E-state index contributed by atoms with van der Waals surface area (Å²) in [6, 6.07) is 36.6. The summed E-state index contributed by atoms with van der Waals surface area (Å²) < 4.78 is 72.7. The van der Waals surface area contributed by atoms with Gasteiger partial charge in [-0.05, 0) is 219 Å². The van der Waals surface area contributed by atoms with E-state index in [-0.39, 0.29) is 78.4 Å². The van der Waals surface area contributed by atoms with Crippen LogP contribution in [0.1, 0.15) is 117 Å². The Morgan fingerprint density at radius 3 is 1.15 bits per heavy atom. The standard InChI is InChI=1S/C16H21BN2O3.C15H19BN2O4.C14H19BN2O3.2C9H9BN2O4.2C7H7BN2O3/c1-15(2)16(3,4)22-17(21-15)10-5-8-13-12(9-10)14(19-20-13)18-11-6-7-11;1-9(19)17-13-11-7-6-10(8-12(11)20-18-13)16-21-14(2,3)15(4,5)22-16;1-13(2)14(3,4)20-15(19-13)9-6-7-11-10(8-9)12(16-5)17-18-11;1-5(13)11-9-12-7-4-6(10(14)15)2-3-8(7)16-9;1-5(13)11-9-12-7-3-2-6(10(14)15)4-8(7)16-9;9-7-10-5-3-4(8(11)12)1-2-6(5)13-7;9-7-10-5-2-1-4(8(11)12)3-6(5)13-7/h5,8-9,11H,6-7H2,1-4H3,(H,18,19);6-8H,1-5H3,(H,17,18,19);6-8H,1-5H3,(H,16,17);2*2-4,14-15H,1H3,(H,11,12,13);2*1-3,11-12H,(H2,9,10). The van der Waals surface area contributed by atoms with Crippen LogP contribution >= 0.6 is 0 Å². The third kappa shape index (κ3) is 20.9. The molecule has 7 aromatic heterocycles. The average molecular weight is 1670 g/mol. The number of oxazole rings is 4. The molecule has 38 nitrogen and oxygen atoms in total. The number of nitrogens with one attached hydrogen (secondary N) is 5. The highest BCUT2D eigenvalue weighted by Gasteiger charge is 2.54. The number of aromatic nitrogens is 7. The van der Waals surface area contributed by atoms with Gasteiger partial charge in [0, 0.05) is 33.9 Å². The van der Waals surface area contributed by atoms with Crippen LogP contribution in [-0.2, 0) is 42.3 Å². The van der Waals surface area contributed by atoms with E-state index in [1.165, 1.54) is 76.1 Å². The molecule has 10 heterocycles. The quantitative estimate of drug-likeness (QED) is 0.0723. The molecule has 3 saturated heterocycles. The van der Waals surface area contributed by atoms with Crippen LogP contribution in [0.15, 0.2) is 159 Å². The van der Waals surface area contributed by atoms with E-state index in [9.17, 15) is 14.4 Å². The zero-order chi connectivity index (χ0) is 88.5. The number of fused-ring (bicyclic) bond motifs is 7. The lowest BCUT2D eigenvalue weighted by molar-refractivity contribution is -0.115. The Labute approximate surface area is 699 Å². The molecular weight excluding hydrogens is 1580 g/mol. The van der Waals surface area contributed by atoms with E-state index in [0.717, 1.165) is 55.3 Å². The number of rotatable bonds is 13. The SMILES string of the molecule is CC(=O)Nc1nc2cc(B(O)O)ccc2o1.CC(=O)Nc1nc2ccc(B(O)O)cc2o1.CC(=O)Nc1noc2cc(B3OC(C)(C)C(C)(C)O3)ccc12.CC1(C)OB(c2ccc3onc(NC4CC4)c3c2)OC1(C)C.CNc1noc2ccc(B3OC(C)(C)C(C)(C)O3)cc12.Nc1nc2cc(B(O)O)ccc2o1.Nc1nc2ccc(B(O)O)cc2o1. The lowest BCUT2D eigenvalue weighted by atomic mass is 9.78. The van der Waals surface area contributed by atoms with Crippen LogP contribution in [0.5, 0.6) is 0 Å². The summed E-state index contributed by atoms with van der Waals surface area (Å²) in [6.07, 6.45) is 2.40. The Morgan fingerprint density at radius 1 is 0.369 bits per heavy atom. The summed E-state index contributed by atoms with van der Waals surface area (Å²) in [4.78, 5) is 48.4. The normalized spacial score (nSPS) is 16.1. The fraction of sp³-hybridized carbons (Fsp3) is 0.325. The molecule has 0 atom stereocenters. The van der Waals surface area contributed by atoms with Gasteiger partial charge in [-0.25, -0.2) is 0 Å². The third-order valence-corrected chi connectivity index (χ3v) is 20.9. The first-order valence-electron chi connectivity index (χ1n) is 38.4. The maximum atomic E-state index is 11.1. The Kier molecular flexibility index (Phi) is 26.3. The highest BCUT2D eigenvalue weighted by Crippen LogP contribution is 2.40. The van der Waals surface area contributed by atoms with Gasteiger partial charge in [0.05, 0.1) is 49.8 Å². The summed E-state index contributed by atoms with van der Waals surface area (Å²) in [7, 11) is -5.48. The third-order valence-electron chi connectivity index (χ3n) is 20.9. The lowest BCUT2D eigenvalue weighted by Crippen LogP contribution is -2.41. The molecule has 122 heavy (non-hydrogen) atoms. The second-order valence-corrected chi connectivity index (χ2v) is 31.9. The number of benzene rings is 7. The number of anilines is 7. The van der Waals surface area contributed by atoms with Gasteiger partial charge >= 0.3 is 61.9 Å². The van der Waals surface area contributed by atoms with Gasteiger partial charge in [-0.2, -0.15) is 19.9 Å². The predicted octanol–water partition coefficient (Wildman–Crippen LogP) is 4.07. The fourth-order valence-electron chi connectivity index (χ4n) is 12.1. The molecule has 0 unspecified atom stereocenters. The molecule has 18 rings (SSSR count). The van der Waals surface area contributed by atoms with E-state index in [1.54, 1.807) is 30.3 Å². The fourth-order valence-corrected chi connectivity index (χ4v) is 12.1. The molecule has 0 spiro atoms. The van der Waals surface area contributed by atoms with Crippen molar-refractivity contribution in [2.45, 2.75) is 156 Å². The van der Waals surface area contributed by atoms with Crippen molar-refractivity contribution in [3.05, 3.63) is 127 Å². The first kappa shape index (κ1) is 89.6. The van der Waals surface area contributed by atoms with Gasteiger partial charge in [0.15, 0.2) is 56.5 Å². The maximum Gasteiger partial charge on any atom is 0.494 e. The molecule has 3 amide bonds. The summed E-state index contributed by atoms with van der Waals surface area (Å²) >= 11 is 0. The van der Waals surface area contributed by atoms with Gasteiger partial charge in [-0.15, -0.1) is 0 Å². The van der Waals surface area contributed by atoms with Gasteiger partial charge < -0.3 is 127 Å². The lowest BCUT2D eigenvalue weighted by Gasteiger charge is -2.32. The van der Waals surface area contributed by atoms with Gasteiger partial charge in [0.1, 0.15) is 22.1 Å². The minimum absolute atomic E-state index is 0.0691. The average Bonchev–Trinajstić information content (AvgIpc) is 1.62. The molecular formula is C77H91B7N14O24. The maximum absolute atomic E-state index is 11.1. The van der Waals surface area contributed by atoms with Crippen LogP contribution in [0.25, 0.3) is 77.3 Å². The summed E-state index contributed by atoms with van der Waals surface area (Å²) in [5, 5.41) is 99.8. The van der Waals surface area contributed by atoms with Crippen LogP contribution < -0.4 is 76.3 Å². The molecule has 3 aliphatic heterocycles. The second kappa shape index (κ2) is 35.8. The summed E-state index contributed by atoms with van der Waals surface area (Å²) in [5.74, 6) is 1.20. The van der Waals surface area contributed by atoms with Crippen LogP contribution in [0, 0.1) is 0 Å². The van der Waals surface area contributed by atoms with Gasteiger partial charge in [-0.1, -0.05) is 57.9 Å². The smallest absolute Gasteiger partial charge is 0.424 e. The van der Waals surface area contributed by atoms with Gasteiger partial charge in [-0.3, -0.25) is 25.0 Å². The summed E-state index contributed by atoms with van der Waals surface area (Å²) in [6.45, 7) is 28.6. The van der Waals surface area contributed by atoms with Crippen molar-refractivity contribution < 1.29 is 114 Å². The molecule has 0 bridgehead atoms. The van der Waals surface area contributed by atoms with Crippen molar-refractivity contribution in [2.75, 3.05) is 45.1 Å². The molecule has 0 radical (unpaired) electrons. The van der Waals surface area contributed by atoms with Crippen LogP contribution in [0.3, 0.4) is 0 Å². The minimum atomic E-state index is -1.56. The summed E-state index contributed by atoms with van der Waals surface area (Å²) in [5.41, 5.74) is 18.7. The number of carbonyl (C=O) groups is 3. The van der Waals surface area contributed by atoms with Crippen molar-refractivity contribution in [1.82, 2.24) is 35.4 Å². The topological polar surface area (TPSA) is 563 Å².